The molecule has 2 nitrogen and oxygen atoms in total. The van der Waals surface area contributed by atoms with Gasteiger partial charge in [0.2, 0.25) is 0 Å². The number of hydrogen-bond donors (Lipinski definition) is 0. The molecule has 0 aliphatic heterocycles. The maximum absolute atomic E-state index is 11.9. The van der Waals surface area contributed by atoms with E-state index in [1.54, 1.807) is 0 Å². The Bertz CT molecular complexity index is 178. The zero-order valence-corrected chi connectivity index (χ0v) is 12.0. The van der Waals surface area contributed by atoms with E-state index in [0.717, 1.165) is 38.5 Å². The first-order chi connectivity index (χ1) is 8.26. The standard InChI is InChI=1S/C15H30O2/c1-4-7-9-12-14(11-6-3)15(16)17-13-10-8-5-2/h14H,4-13H2,1-3H3. The molecule has 0 bridgehead atoms. The second-order valence-corrected chi connectivity index (χ2v) is 4.86. The Morgan fingerprint density at radius 2 is 1.53 bits per heavy atom. The molecule has 0 saturated heterocycles. The number of hydrogen-bond acceptors (Lipinski definition) is 2. The molecule has 1 unspecified atom stereocenters. The molecule has 0 aromatic carbocycles. The van der Waals surface area contributed by atoms with Crippen LogP contribution in [-0.4, -0.2) is 12.6 Å². The Morgan fingerprint density at radius 3 is 2.12 bits per heavy atom. The van der Waals surface area contributed by atoms with Crippen LogP contribution in [-0.2, 0) is 9.53 Å². The molecule has 1 atom stereocenters. The Balaban J connectivity index is 3.79. The molecule has 0 amide bonds. The van der Waals surface area contributed by atoms with Gasteiger partial charge in [-0.2, -0.15) is 0 Å². The molecule has 0 fully saturated rings. The first kappa shape index (κ1) is 16.5. The highest BCUT2D eigenvalue weighted by Crippen LogP contribution is 2.17. The molecule has 0 aliphatic carbocycles. The van der Waals surface area contributed by atoms with Crippen LogP contribution in [0.4, 0.5) is 0 Å². The number of carbonyl (C=O) groups excluding carboxylic acids is 1. The second-order valence-electron chi connectivity index (χ2n) is 4.86. The summed E-state index contributed by atoms with van der Waals surface area (Å²) in [6.45, 7) is 7.10. The number of ether oxygens (including phenoxy) is 1. The minimum absolute atomic E-state index is 0.0408. The lowest BCUT2D eigenvalue weighted by molar-refractivity contribution is -0.149. The van der Waals surface area contributed by atoms with E-state index in [2.05, 4.69) is 20.8 Å². The van der Waals surface area contributed by atoms with Crippen molar-refractivity contribution in [2.45, 2.75) is 78.6 Å². The second kappa shape index (κ2) is 11.9. The van der Waals surface area contributed by atoms with Gasteiger partial charge in [0, 0.05) is 0 Å². The van der Waals surface area contributed by atoms with Crippen LogP contribution in [0.5, 0.6) is 0 Å². The van der Waals surface area contributed by atoms with Crippen LogP contribution in [0.3, 0.4) is 0 Å². The highest BCUT2D eigenvalue weighted by molar-refractivity contribution is 5.72. The van der Waals surface area contributed by atoms with Gasteiger partial charge in [-0.15, -0.1) is 0 Å². The van der Waals surface area contributed by atoms with Gasteiger partial charge in [-0.3, -0.25) is 4.79 Å². The fourth-order valence-electron chi connectivity index (χ4n) is 2.01. The van der Waals surface area contributed by atoms with Gasteiger partial charge < -0.3 is 4.74 Å². The van der Waals surface area contributed by atoms with Crippen LogP contribution in [0.25, 0.3) is 0 Å². The molecule has 0 N–H and O–H groups in total. The van der Waals surface area contributed by atoms with Gasteiger partial charge in [0.05, 0.1) is 12.5 Å². The molecule has 0 aromatic rings. The summed E-state index contributed by atoms with van der Waals surface area (Å²) in [6, 6.07) is 0. The molecular formula is C15H30O2. The summed E-state index contributed by atoms with van der Waals surface area (Å²) in [4.78, 5) is 11.9. The van der Waals surface area contributed by atoms with Crippen molar-refractivity contribution in [3.63, 3.8) is 0 Å². The molecule has 0 aliphatic rings. The molecule has 2 heteroatoms. The Labute approximate surface area is 107 Å². The Kier molecular flexibility index (Phi) is 11.6. The Hall–Kier alpha value is -0.530. The number of rotatable bonds is 11. The lowest BCUT2D eigenvalue weighted by Crippen LogP contribution is -2.18. The van der Waals surface area contributed by atoms with Crippen molar-refractivity contribution in [1.82, 2.24) is 0 Å². The minimum atomic E-state index is 0.0408. The van der Waals surface area contributed by atoms with Crippen LogP contribution < -0.4 is 0 Å². The zero-order chi connectivity index (χ0) is 12.9. The summed E-state index contributed by atoms with van der Waals surface area (Å²) in [5, 5.41) is 0. The van der Waals surface area contributed by atoms with Crippen molar-refractivity contribution in [1.29, 1.82) is 0 Å². The lowest BCUT2D eigenvalue weighted by atomic mass is 9.97. The van der Waals surface area contributed by atoms with E-state index in [9.17, 15) is 4.79 Å². The third-order valence-electron chi connectivity index (χ3n) is 3.12. The first-order valence-electron chi connectivity index (χ1n) is 7.42. The van der Waals surface area contributed by atoms with E-state index < -0.39 is 0 Å². The zero-order valence-electron chi connectivity index (χ0n) is 12.0. The molecule has 0 rings (SSSR count). The molecule has 102 valence electrons. The molecular weight excluding hydrogens is 212 g/mol. The van der Waals surface area contributed by atoms with Crippen molar-refractivity contribution < 1.29 is 9.53 Å². The third kappa shape index (κ3) is 9.20. The van der Waals surface area contributed by atoms with Crippen molar-refractivity contribution in [3.05, 3.63) is 0 Å². The van der Waals surface area contributed by atoms with E-state index in [-0.39, 0.29) is 11.9 Å². The first-order valence-corrected chi connectivity index (χ1v) is 7.42. The molecule has 0 saturated carbocycles. The SMILES string of the molecule is CCCCCOC(=O)C(CCC)CCCCC. The smallest absolute Gasteiger partial charge is 0.308 e. The molecule has 17 heavy (non-hydrogen) atoms. The van der Waals surface area contributed by atoms with Crippen LogP contribution >= 0.6 is 0 Å². The fraction of sp³-hybridized carbons (Fsp3) is 0.933. The summed E-state index contributed by atoms with van der Waals surface area (Å²) in [7, 11) is 0. The topological polar surface area (TPSA) is 26.3 Å². The number of esters is 1. The van der Waals surface area contributed by atoms with Gasteiger partial charge in [0.15, 0.2) is 0 Å². The van der Waals surface area contributed by atoms with Crippen LogP contribution in [0.2, 0.25) is 0 Å². The molecule has 0 heterocycles. The van der Waals surface area contributed by atoms with Crippen LogP contribution in [0.15, 0.2) is 0 Å². The highest BCUT2D eigenvalue weighted by Gasteiger charge is 2.18. The average Bonchev–Trinajstić information content (AvgIpc) is 2.33. The van der Waals surface area contributed by atoms with E-state index in [4.69, 9.17) is 4.74 Å². The van der Waals surface area contributed by atoms with Gasteiger partial charge >= 0.3 is 5.97 Å². The van der Waals surface area contributed by atoms with Crippen LogP contribution in [0, 0.1) is 5.92 Å². The maximum Gasteiger partial charge on any atom is 0.308 e. The molecule has 0 radical (unpaired) electrons. The molecule has 0 spiro atoms. The van der Waals surface area contributed by atoms with Gasteiger partial charge in [-0.1, -0.05) is 59.3 Å². The van der Waals surface area contributed by atoms with Gasteiger partial charge in [0.25, 0.3) is 0 Å². The highest BCUT2D eigenvalue weighted by atomic mass is 16.5. The lowest BCUT2D eigenvalue weighted by Gasteiger charge is -2.15. The summed E-state index contributed by atoms with van der Waals surface area (Å²) >= 11 is 0. The van der Waals surface area contributed by atoms with E-state index >= 15 is 0 Å². The van der Waals surface area contributed by atoms with Crippen molar-refractivity contribution >= 4 is 5.97 Å². The summed E-state index contributed by atoms with van der Waals surface area (Å²) < 4.78 is 5.35. The number of carbonyl (C=O) groups is 1. The Morgan fingerprint density at radius 1 is 0.882 bits per heavy atom. The summed E-state index contributed by atoms with van der Waals surface area (Å²) in [5.41, 5.74) is 0. The van der Waals surface area contributed by atoms with Crippen LogP contribution in [0.1, 0.15) is 78.6 Å². The summed E-state index contributed by atoms with van der Waals surface area (Å²) in [5.74, 6) is 0.187. The van der Waals surface area contributed by atoms with E-state index in [0.29, 0.717) is 6.61 Å². The predicted octanol–water partition coefficient (Wildman–Crippen LogP) is 4.72. The third-order valence-corrected chi connectivity index (χ3v) is 3.12. The van der Waals surface area contributed by atoms with E-state index in [1.807, 2.05) is 0 Å². The average molecular weight is 242 g/mol. The van der Waals surface area contributed by atoms with Crippen molar-refractivity contribution in [2.75, 3.05) is 6.61 Å². The predicted molar refractivity (Wildman–Crippen MR) is 73.0 cm³/mol. The van der Waals surface area contributed by atoms with Crippen molar-refractivity contribution in [2.24, 2.45) is 5.92 Å². The van der Waals surface area contributed by atoms with Crippen molar-refractivity contribution in [3.8, 4) is 0 Å². The maximum atomic E-state index is 11.9. The van der Waals surface area contributed by atoms with Gasteiger partial charge in [0.1, 0.15) is 0 Å². The van der Waals surface area contributed by atoms with Gasteiger partial charge in [-0.25, -0.2) is 0 Å². The number of unbranched alkanes of at least 4 members (excludes halogenated alkanes) is 4. The van der Waals surface area contributed by atoms with Gasteiger partial charge in [-0.05, 0) is 19.3 Å². The normalized spacial score (nSPS) is 12.4. The van der Waals surface area contributed by atoms with E-state index in [1.165, 1.54) is 19.3 Å². The monoisotopic (exact) mass is 242 g/mol. The minimum Gasteiger partial charge on any atom is -0.465 e. The quantitative estimate of drug-likeness (QED) is 0.387. The molecule has 0 aromatic heterocycles. The largest absolute Gasteiger partial charge is 0.465 e. The summed E-state index contributed by atoms with van der Waals surface area (Å²) in [6.07, 6.45) is 9.99. The fourth-order valence-corrected chi connectivity index (χ4v) is 2.01.